The monoisotopic (exact) mass is 542 g/mol. The van der Waals surface area contributed by atoms with Gasteiger partial charge in [0.25, 0.3) is 5.91 Å². The summed E-state index contributed by atoms with van der Waals surface area (Å²) in [6, 6.07) is 29.7. The van der Waals surface area contributed by atoms with E-state index in [0.717, 1.165) is 34.6 Å². The fraction of sp³-hybridized carbons (Fsp3) is 0.182. The second-order valence-corrected chi connectivity index (χ2v) is 9.65. The zero-order valence-electron chi connectivity index (χ0n) is 21.7. The van der Waals surface area contributed by atoms with E-state index in [4.69, 9.17) is 22.1 Å². The predicted molar refractivity (Wildman–Crippen MR) is 155 cm³/mol. The summed E-state index contributed by atoms with van der Waals surface area (Å²) in [5, 5.41) is 0.725. The van der Waals surface area contributed by atoms with Crippen molar-refractivity contribution in [3.8, 4) is 5.75 Å². The minimum atomic E-state index is -0.573. The van der Waals surface area contributed by atoms with Crippen LogP contribution in [0.5, 0.6) is 5.75 Å². The number of amides is 1. The van der Waals surface area contributed by atoms with Gasteiger partial charge in [-0.3, -0.25) is 4.79 Å². The molecule has 0 heterocycles. The first-order valence-corrected chi connectivity index (χ1v) is 13.3. The predicted octanol–water partition coefficient (Wildman–Crippen LogP) is 7.00. The Morgan fingerprint density at radius 3 is 2.26 bits per heavy atom. The van der Waals surface area contributed by atoms with Crippen LogP contribution < -0.4 is 10.5 Å². The number of benzene rings is 4. The van der Waals surface area contributed by atoms with E-state index >= 15 is 0 Å². The quantitative estimate of drug-likeness (QED) is 0.196. The number of nitrogens with zero attached hydrogens (tertiary/aromatic N) is 1. The van der Waals surface area contributed by atoms with Crippen LogP contribution in [0.2, 0.25) is 5.02 Å². The van der Waals surface area contributed by atoms with Gasteiger partial charge in [-0.15, -0.1) is 0 Å². The highest BCUT2D eigenvalue weighted by Crippen LogP contribution is 2.22. The third-order valence-corrected chi connectivity index (χ3v) is 6.61. The summed E-state index contributed by atoms with van der Waals surface area (Å²) in [4.78, 5) is 15.0. The molecule has 4 nitrogen and oxygen atoms in total. The van der Waals surface area contributed by atoms with Crippen LogP contribution in [0.4, 0.5) is 4.39 Å². The highest BCUT2D eigenvalue weighted by molar-refractivity contribution is 6.30. The molecule has 0 spiro atoms. The van der Waals surface area contributed by atoms with E-state index in [9.17, 15) is 9.18 Å². The van der Waals surface area contributed by atoms with Gasteiger partial charge in [-0.05, 0) is 65.4 Å². The second kappa shape index (κ2) is 14.3. The first-order valence-electron chi connectivity index (χ1n) is 13.0. The maximum absolute atomic E-state index is 14.8. The summed E-state index contributed by atoms with van der Waals surface area (Å²) < 4.78 is 20.5. The molecule has 0 radical (unpaired) electrons. The van der Waals surface area contributed by atoms with Crippen molar-refractivity contribution in [3.63, 3.8) is 0 Å². The molecule has 2 N–H and O–H groups in total. The topological polar surface area (TPSA) is 55.6 Å². The highest BCUT2D eigenvalue weighted by Gasteiger charge is 2.19. The molecular formula is C33H32ClFN2O2. The molecule has 1 amide bonds. The van der Waals surface area contributed by atoms with E-state index in [1.165, 1.54) is 17.7 Å². The van der Waals surface area contributed by atoms with Crippen LogP contribution in [0, 0.1) is 5.82 Å². The van der Waals surface area contributed by atoms with Crippen LogP contribution in [-0.4, -0.2) is 23.9 Å². The van der Waals surface area contributed by atoms with Crippen molar-refractivity contribution in [2.45, 2.75) is 26.0 Å². The van der Waals surface area contributed by atoms with Crippen molar-refractivity contribution in [1.82, 2.24) is 4.90 Å². The van der Waals surface area contributed by atoms with E-state index in [-0.39, 0.29) is 23.8 Å². The third-order valence-electron chi connectivity index (χ3n) is 6.35. The van der Waals surface area contributed by atoms with Crippen LogP contribution >= 0.6 is 11.6 Å². The normalized spacial score (nSPS) is 11.1. The van der Waals surface area contributed by atoms with E-state index in [2.05, 4.69) is 18.2 Å². The molecule has 0 atom stereocenters. The van der Waals surface area contributed by atoms with Crippen LogP contribution in [-0.2, 0) is 26.0 Å². The van der Waals surface area contributed by atoms with Gasteiger partial charge in [0.05, 0.1) is 0 Å². The standard InChI is InChI=1S/C33H32ClFN2O2/c34-30-17-14-25(15-18-30)8-4-5-11-27-12-6-7-13-29(27)23-37(21-20-36)33(38)28-16-19-32(31(35)22-28)39-24-26-9-2-1-3-10-26/h1-7,9-10,12-19,22H,8,11,20-21,23-24,36H2/b5-4+. The maximum atomic E-state index is 14.8. The SMILES string of the molecule is NCCN(Cc1ccccc1C/C=C/Cc1ccc(Cl)cc1)C(=O)c1ccc(OCc2ccccc2)c(F)c1. The number of hydrogen-bond donors (Lipinski definition) is 1. The molecule has 0 bridgehead atoms. The highest BCUT2D eigenvalue weighted by atomic mass is 35.5. The number of ether oxygens (including phenoxy) is 1. The van der Waals surface area contributed by atoms with Crippen LogP contribution in [0.1, 0.15) is 32.6 Å². The average molecular weight is 543 g/mol. The average Bonchev–Trinajstić information content (AvgIpc) is 2.96. The van der Waals surface area contributed by atoms with Gasteiger partial charge in [0, 0.05) is 30.2 Å². The van der Waals surface area contributed by atoms with Crippen LogP contribution in [0.15, 0.2) is 109 Å². The fourth-order valence-corrected chi connectivity index (χ4v) is 4.37. The molecule has 0 aliphatic rings. The van der Waals surface area contributed by atoms with Gasteiger partial charge >= 0.3 is 0 Å². The number of allylic oxidation sites excluding steroid dienone is 2. The minimum absolute atomic E-state index is 0.108. The number of rotatable bonds is 12. The molecule has 0 aliphatic carbocycles. The first kappa shape index (κ1) is 28.1. The lowest BCUT2D eigenvalue weighted by atomic mass is 10.0. The molecule has 0 saturated heterocycles. The van der Waals surface area contributed by atoms with Crippen molar-refractivity contribution in [2.24, 2.45) is 5.73 Å². The minimum Gasteiger partial charge on any atom is -0.486 e. The molecule has 0 saturated carbocycles. The molecule has 0 unspecified atom stereocenters. The summed E-state index contributed by atoms with van der Waals surface area (Å²) in [5.41, 5.74) is 10.4. The van der Waals surface area contributed by atoms with E-state index in [1.54, 1.807) is 11.0 Å². The lowest BCUT2D eigenvalue weighted by Crippen LogP contribution is -2.35. The fourth-order valence-electron chi connectivity index (χ4n) is 4.24. The molecule has 4 rings (SSSR count). The second-order valence-electron chi connectivity index (χ2n) is 9.21. The summed E-state index contributed by atoms with van der Waals surface area (Å²) >= 11 is 5.97. The smallest absolute Gasteiger partial charge is 0.254 e. The molecule has 0 fully saturated rings. The summed E-state index contributed by atoms with van der Waals surface area (Å²) in [6.07, 6.45) is 5.81. The largest absolute Gasteiger partial charge is 0.486 e. The molecular weight excluding hydrogens is 511 g/mol. The molecule has 6 heteroatoms. The Balaban J connectivity index is 1.41. The van der Waals surface area contributed by atoms with Gasteiger partial charge in [-0.25, -0.2) is 4.39 Å². The van der Waals surface area contributed by atoms with Gasteiger partial charge in [-0.2, -0.15) is 0 Å². The lowest BCUT2D eigenvalue weighted by molar-refractivity contribution is 0.0747. The van der Waals surface area contributed by atoms with E-state index < -0.39 is 5.82 Å². The van der Waals surface area contributed by atoms with Gasteiger partial charge < -0.3 is 15.4 Å². The number of carbonyl (C=O) groups is 1. The van der Waals surface area contributed by atoms with Crippen molar-refractivity contribution in [1.29, 1.82) is 0 Å². The Hall–Kier alpha value is -3.93. The zero-order valence-corrected chi connectivity index (χ0v) is 22.5. The Bertz CT molecular complexity index is 1390. The van der Waals surface area contributed by atoms with Crippen LogP contribution in [0.3, 0.4) is 0 Å². The van der Waals surface area contributed by atoms with Gasteiger partial charge in [0.1, 0.15) is 6.61 Å². The zero-order chi connectivity index (χ0) is 27.5. The Labute approximate surface area is 234 Å². The molecule has 0 aromatic heterocycles. The molecule has 39 heavy (non-hydrogen) atoms. The molecule has 0 aliphatic heterocycles. The number of nitrogens with two attached hydrogens (primary N) is 1. The van der Waals surface area contributed by atoms with Gasteiger partial charge in [-0.1, -0.05) is 90.5 Å². The van der Waals surface area contributed by atoms with E-state index in [1.807, 2.05) is 72.8 Å². The Morgan fingerprint density at radius 1 is 0.846 bits per heavy atom. The lowest BCUT2D eigenvalue weighted by Gasteiger charge is -2.24. The number of hydrogen-bond acceptors (Lipinski definition) is 3. The number of halogens is 2. The maximum Gasteiger partial charge on any atom is 0.254 e. The number of carbonyl (C=O) groups excluding carboxylic acids is 1. The summed E-state index contributed by atoms with van der Waals surface area (Å²) in [7, 11) is 0. The van der Waals surface area contributed by atoms with Gasteiger partial charge in [0.15, 0.2) is 11.6 Å². The molecule has 200 valence electrons. The van der Waals surface area contributed by atoms with Crippen molar-refractivity contribution in [3.05, 3.63) is 148 Å². The van der Waals surface area contributed by atoms with E-state index in [0.29, 0.717) is 19.6 Å². The summed E-state index contributed by atoms with van der Waals surface area (Å²) in [5.74, 6) is -0.741. The Morgan fingerprint density at radius 2 is 1.54 bits per heavy atom. The van der Waals surface area contributed by atoms with Crippen LogP contribution in [0.25, 0.3) is 0 Å². The first-order chi connectivity index (χ1) is 19.0. The Kier molecular flexibility index (Phi) is 10.3. The molecule has 4 aromatic rings. The molecule has 4 aromatic carbocycles. The van der Waals surface area contributed by atoms with Crippen molar-refractivity contribution >= 4 is 17.5 Å². The van der Waals surface area contributed by atoms with Crippen molar-refractivity contribution < 1.29 is 13.9 Å². The summed E-state index contributed by atoms with van der Waals surface area (Å²) in [6.45, 7) is 1.28. The van der Waals surface area contributed by atoms with Crippen molar-refractivity contribution in [2.75, 3.05) is 13.1 Å². The van der Waals surface area contributed by atoms with Gasteiger partial charge in [0.2, 0.25) is 0 Å². The third kappa shape index (κ3) is 8.28.